The van der Waals surface area contributed by atoms with Crippen LogP contribution < -0.4 is 4.72 Å². The summed E-state index contributed by atoms with van der Waals surface area (Å²) in [5.41, 5.74) is -0.435. The maximum Gasteiger partial charge on any atom is 0.312 e. The van der Waals surface area contributed by atoms with Crippen LogP contribution in [0.2, 0.25) is 0 Å². The monoisotopic (exact) mass is 312 g/mol. The molecule has 0 saturated carbocycles. The minimum absolute atomic E-state index is 0.243. The van der Waals surface area contributed by atoms with E-state index >= 15 is 0 Å². The zero-order valence-corrected chi connectivity index (χ0v) is 11.7. The van der Waals surface area contributed by atoms with Crippen LogP contribution in [0.25, 0.3) is 0 Å². The molecule has 10 heteroatoms. The van der Waals surface area contributed by atoms with Gasteiger partial charge in [-0.1, -0.05) is 0 Å². The summed E-state index contributed by atoms with van der Waals surface area (Å²) in [5.74, 6) is -0.599. The van der Waals surface area contributed by atoms with Gasteiger partial charge in [-0.25, -0.2) is 8.42 Å². The second-order valence-electron chi connectivity index (χ2n) is 4.10. The van der Waals surface area contributed by atoms with Crippen molar-refractivity contribution in [3.8, 4) is 5.75 Å². The van der Waals surface area contributed by atoms with Crippen LogP contribution in [0.1, 0.15) is 6.92 Å². The Kier molecular flexibility index (Phi) is 3.80. The summed E-state index contributed by atoms with van der Waals surface area (Å²) in [6, 6.07) is 2.83. The van der Waals surface area contributed by atoms with Gasteiger partial charge in [0, 0.05) is 18.8 Å². The molecule has 0 aliphatic heterocycles. The predicted molar refractivity (Wildman–Crippen MR) is 73.5 cm³/mol. The van der Waals surface area contributed by atoms with E-state index in [4.69, 9.17) is 0 Å². The predicted octanol–water partition coefficient (Wildman–Crippen LogP) is 1.32. The molecule has 0 unspecified atom stereocenters. The molecule has 1 aromatic carbocycles. The summed E-state index contributed by atoms with van der Waals surface area (Å²) < 4.78 is 28.1. The van der Waals surface area contributed by atoms with E-state index in [9.17, 15) is 23.6 Å². The van der Waals surface area contributed by atoms with Gasteiger partial charge < -0.3 is 5.11 Å². The molecule has 21 heavy (non-hydrogen) atoms. The summed E-state index contributed by atoms with van der Waals surface area (Å²) in [5, 5.41) is 24.0. The summed E-state index contributed by atoms with van der Waals surface area (Å²) in [6.07, 6.45) is 2.82. The molecule has 0 aliphatic carbocycles. The number of aromatic hydroxyl groups is 1. The van der Waals surface area contributed by atoms with Crippen LogP contribution in [0.4, 0.5) is 11.4 Å². The van der Waals surface area contributed by atoms with E-state index in [0.717, 1.165) is 18.2 Å². The van der Waals surface area contributed by atoms with E-state index in [1.165, 1.54) is 17.1 Å². The molecule has 0 saturated heterocycles. The molecule has 0 bridgehead atoms. The highest BCUT2D eigenvalue weighted by atomic mass is 32.2. The zero-order valence-electron chi connectivity index (χ0n) is 10.9. The molecule has 2 rings (SSSR count). The van der Waals surface area contributed by atoms with E-state index in [1.807, 2.05) is 6.92 Å². The highest BCUT2D eigenvalue weighted by molar-refractivity contribution is 7.92. The molecule has 9 nitrogen and oxygen atoms in total. The Morgan fingerprint density at radius 3 is 2.76 bits per heavy atom. The lowest BCUT2D eigenvalue weighted by Gasteiger charge is -2.06. The van der Waals surface area contributed by atoms with Crippen molar-refractivity contribution in [2.24, 2.45) is 0 Å². The molecule has 112 valence electrons. The van der Waals surface area contributed by atoms with Crippen molar-refractivity contribution in [3.05, 3.63) is 40.7 Å². The average Bonchev–Trinajstić information content (AvgIpc) is 2.85. The van der Waals surface area contributed by atoms with Gasteiger partial charge in [0.05, 0.1) is 21.7 Å². The fourth-order valence-corrected chi connectivity index (χ4v) is 2.67. The van der Waals surface area contributed by atoms with Crippen LogP contribution in [0.3, 0.4) is 0 Å². The van der Waals surface area contributed by atoms with Gasteiger partial charge in [0.25, 0.3) is 10.0 Å². The van der Waals surface area contributed by atoms with Crippen LogP contribution in [-0.2, 0) is 16.6 Å². The third-order valence-electron chi connectivity index (χ3n) is 2.66. The number of benzene rings is 1. The number of aryl methyl sites for hydroxylation is 1. The van der Waals surface area contributed by atoms with Crippen LogP contribution >= 0.6 is 0 Å². The Bertz CT molecular complexity index is 784. The average molecular weight is 312 g/mol. The number of anilines is 1. The minimum atomic E-state index is -4.00. The number of nitro groups is 1. The number of nitrogens with one attached hydrogen (secondary N) is 1. The van der Waals surface area contributed by atoms with E-state index in [0.29, 0.717) is 6.54 Å². The van der Waals surface area contributed by atoms with Crippen molar-refractivity contribution in [2.45, 2.75) is 18.4 Å². The molecule has 0 radical (unpaired) electrons. The standard InChI is InChI=1S/C11H12N4O5S/c1-2-14-7-8(6-12-14)13-21(19,20)9-3-4-11(16)10(5-9)15(17)18/h3-7,13,16H,2H2,1H3. The van der Waals surface area contributed by atoms with Crippen molar-refractivity contribution in [1.29, 1.82) is 0 Å². The Labute approximate surface area is 120 Å². The Morgan fingerprint density at radius 1 is 1.48 bits per heavy atom. The van der Waals surface area contributed by atoms with Crippen molar-refractivity contribution in [3.63, 3.8) is 0 Å². The van der Waals surface area contributed by atoms with Crippen LogP contribution in [-0.4, -0.2) is 28.2 Å². The maximum absolute atomic E-state index is 12.1. The number of phenolic OH excluding ortho intramolecular Hbond substituents is 1. The molecule has 0 atom stereocenters. The lowest BCUT2D eigenvalue weighted by atomic mass is 10.3. The third-order valence-corrected chi connectivity index (χ3v) is 4.04. The topological polar surface area (TPSA) is 127 Å². The Balaban J connectivity index is 2.35. The third kappa shape index (κ3) is 3.11. The Morgan fingerprint density at radius 2 is 2.19 bits per heavy atom. The maximum atomic E-state index is 12.1. The van der Waals surface area contributed by atoms with E-state index < -0.39 is 26.4 Å². The van der Waals surface area contributed by atoms with Gasteiger partial charge in [0.1, 0.15) is 0 Å². The first kappa shape index (κ1) is 14.8. The highest BCUT2D eigenvalue weighted by Crippen LogP contribution is 2.28. The van der Waals surface area contributed by atoms with Gasteiger partial charge in [-0.15, -0.1) is 0 Å². The molecular formula is C11H12N4O5S. The summed E-state index contributed by atoms with van der Waals surface area (Å²) in [7, 11) is -4.00. The first-order valence-electron chi connectivity index (χ1n) is 5.86. The van der Waals surface area contributed by atoms with Gasteiger partial charge in [0.2, 0.25) is 0 Å². The minimum Gasteiger partial charge on any atom is -0.502 e. The lowest BCUT2D eigenvalue weighted by Crippen LogP contribution is -2.12. The first-order valence-corrected chi connectivity index (χ1v) is 7.34. The van der Waals surface area contributed by atoms with Crippen molar-refractivity contribution >= 4 is 21.4 Å². The molecule has 2 N–H and O–H groups in total. The van der Waals surface area contributed by atoms with Crippen molar-refractivity contribution < 1.29 is 18.4 Å². The number of hydrogen-bond acceptors (Lipinski definition) is 6. The molecule has 1 aromatic heterocycles. The van der Waals surface area contributed by atoms with E-state index in [1.54, 1.807) is 0 Å². The van der Waals surface area contributed by atoms with Gasteiger partial charge in [-0.05, 0) is 19.1 Å². The highest BCUT2D eigenvalue weighted by Gasteiger charge is 2.21. The fraction of sp³-hybridized carbons (Fsp3) is 0.182. The first-order chi connectivity index (χ1) is 9.83. The van der Waals surface area contributed by atoms with Gasteiger partial charge in [-0.2, -0.15) is 5.10 Å². The Hall–Kier alpha value is -2.62. The molecule has 2 aromatic rings. The van der Waals surface area contributed by atoms with Gasteiger partial charge in [-0.3, -0.25) is 19.5 Å². The van der Waals surface area contributed by atoms with Crippen molar-refractivity contribution in [1.82, 2.24) is 9.78 Å². The van der Waals surface area contributed by atoms with Gasteiger partial charge >= 0.3 is 5.69 Å². The fourth-order valence-electron chi connectivity index (χ4n) is 1.62. The van der Waals surface area contributed by atoms with Crippen LogP contribution in [0.15, 0.2) is 35.5 Å². The number of sulfonamides is 1. The summed E-state index contributed by atoms with van der Waals surface area (Å²) in [4.78, 5) is 9.54. The zero-order chi connectivity index (χ0) is 15.6. The number of nitro benzene ring substituents is 1. The van der Waals surface area contributed by atoms with Gasteiger partial charge in [0.15, 0.2) is 5.75 Å². The second kappa shape index (κ2) is 5.40. The number of rotatable bonds is 5. The quantitative estimate of drug-likeness (QED) is 0.633. The SMILES string of the molecule is CCn1cc(NS(=O)(=O)c2ccc(O)c([N+](=O)[O-])c2)cn1. The number of hydrogen-bond donors (Lipinski definition) is 2. The molecule has 0 spiro atoms. The number of nitrogens with zero attached hydrogens (tertiary/aromatic N) is 3. The lowest BCUT2D eigenvalue weighted by molar-refractivity contribution is -0.386. The molecular weight excluding hydrogens is 300 g/mol. The molecule has 0 aliphatic rings. The summed E-state index contributed by atoms with van der Waals surface area (Å²) >= 11 is 0. The van der Waals surface area contributed by atoms with E-state index in [2.05, 4.69) is 9.82 Å². The van der Waals surface area contributed by atoms with Crippen molar-refractivity contribution in [2.75, 3.05) is 4.72 Å². The second-order valence-corrected chi connectivity index (χ2v) is 5.78. The van der Waals surface area contributed by atoms with Crippen LogP contribution in [0.5, 0.6) is 5.75 Å². The number of aromatic nitrogens is 2. The molecule has 0 fully saturated rings. The molecule has 0 amide bonds. The molecule has 1 heterocycles. The van der Waals surface area contributed by atoms with Crippen LogP contribution in [0, 0.1) is 10.1 Å². The van der Waals surface area contributed by atoms with E-state index in [-0.39, 0.29) is 10.6 Å². The largest absolute Gasteiger partial charge is 0.502 e. The normalized spacial score (nSPS) is 11.3. The smallest absolute Gasteiger partial charge is 0.312 e. The summed E-state index contributed by atoms with van der Waals surface area (Å²) in [6.45, 7) is 2.42. The number of phenols is 1.